The fourth-order valence-corrected chi connectivity index (χ4v) is 1.22. The van der Waals surface area contributed by atoms with Crippen molar-refractivity contribution >= 4 is 12.2 Å². The Kier molecular flexibility index (Phi) is 2.28. The van der Waals surface area contributed by atoms with Gasteiger partial charge in [0, 0.05) is 6.04 Å². The summed E-state index contributed by atoms with van der Waals surface area (Å²) >= 11 is 4.89. The third-order valence-electron chi connectivity index (χ3n) is 1.75. The summed E-state index contributed by atoms with van der Waals surface area (Å²) in [7, 11) is 0. The van der Waals surface area contributed by atoms with Gasteiger partial charge in [0.2, 0.25) is 0 Å². The number of aromatic nitrogens is 3. The highest BCUT2D eigenvalue weighted by Crippen LogP contribution is 2.05. The predicted octanol–water partition coefficient (Wildman–Crippen LogP) is 1.20. The summed E-state index contributed by atoms with van der Waals surface area (Å²) in [5, 5.41) is 5.02. The first-order valence-corrected chi connectivity index (χ1v) is 3.96. The van der Waals surface area contributed by atoms with Gasteiger partial charge in [-0.15, -0.1) is 0 Å². The molecule has 0 saturated heterocycles. The average Bonchev–Trinajstić information content (AvgIpc) is 2.30. The Hall–Kier alpha value is -0.840. The van der Waals surface area contributed by atoms with Gasteiger partial charge in [0.05, 0.1) is 0 Å². The zero-order valence-electron chi connectivity index (χ0n) is 6.55. The first kappa shape index (κ1) is 8.26. The summed E-state index contributed by atoms with van der Waals surface area (Å²) in [6.07, 6.45) is 0.898. The van der Waals surface area contributed by atoms with E-state index in [1.165, 1.54) is 4.57 Å². The number of hydrogen-bond acceptors (Lipinski definition) is 2. The second kappa shape index (κ2) is 3.04. The van der Waals surface area contributed by atoms with E-state index in [4.69, 9.17) is 12.2 Å². The van der Waals surface area contributed by atoms with Crippen molar-refractivity contribution in [1.29, 1.82) is 0 Å². The van der Waals surface area contributed by atoms with Crippen LogP contribution in [-0.2, 0) is 0 Å². The molecule has 62 valence electrons. The summed E-state index contributed by atoms with van der Waals surface area (Å²) in [5.41, 5.74) is -0.163. The summed E-state index contributed by atoms with van der Waals surface area (Å²) in [5.74, 6) is 0. The molecule has 0 spiro atoms. The molecule has 1 atom stereocenters. The molecule has 0 radical (unpaired) electrons. The minimum Gasteiger partial charge on any atom is -0.272 e. The van der Waals surface area contributed by atoms with Crippen molar-refractivity contribution in [3.63, 3.8) is 0 Å². The molecular weight excluding hydrogens is 162 g/mol. The second-order valence-electron chi connectivity index (χ2n) is 2.49. The molecule has 5 heteroatoms. The van der Waals surface area contributed by atoms with E-state index in [1.807, 2.05) is 13.8 Å². The van der Waals surface area contributed by atoms with Crippen LogP contribution < -0.4 is 5.69 Å². The maximum atomic E-state index is 11.0. The standard InChI is InChI=1S/C6H11N3OS/c1-3-4(2)9-5(10)7-8-6(9)11/h4H,3H2,1-2H3,(H,7,10)(H,8,11)/t4-/m0/s1. The summed E-state index contributed by atoms with van der Waals surface area (Å²) in [6, 6.07) is 0.164. The third-order valence-corrected chi connectivity index (χ3v) is 2.04. The molecule has 1 rings (SSSR count). The highest BCUT2D eigenvalue weighted by Gasteiger charge is 2.05. The van der Waals surface area contributed by atoms with Crippen LogP contribution in [-0.4, -0.2) is 14.8 Å². The SMILES string of the molecule is CC[C@H](C)n1c(=O)[nH][nH]c1=S. The van der Waals surface area contributed by atoms with Crippen molar-refractivity contribution in [1.82, 2.24) is 14.8 Å². The highest BCUT2D eigenvalue weighted by molar-refractivity contribution is 7.71. The van der Waals surface area contributed by atoms with Crippen molar-refractivity contribution in [2.45, 2.75) is 26.3 Å². The van der Waals surface area contributed by atoms with Crippen LogP contribution in [0.15, 0.2) is 4.79 Å². The van der Waals surface area contributed by atoms with Crippen LogP contribution in [0.1, 0.15) is 26.3 Å². The Morgan fingerprint density at radius 1 is 1.64 bits per heavy atom. The van der Waals surface area contributed by atoms with E-state index in [0.717, 1.165) is 6.42 Å². The number of aromatic amines is 2. The van der Waals surface area contributed by atoms with Gasteiger partial charge in [-0.25, -0.2) is 9.89 Å². The Morgan fingerprint density at radius 3 is 2.64 bits per heavy atom. The minimum atomic E-state index is -0.163. The maximum absolute atomic E-state index is 11.0. The van der Waals surface area contributed by atoms with Crippen LogP contribution in [0.3, 0.4) is 0 Å². The zero-order chi connectivity index (χ0) is 8.43. The molecule has 0 aliphatic rings. The van der Waals surface area contributed by atoms with Crippen molar-refractivity contribution in [3.8, 4) is 0 Å². The van der Waals surface area contributed by atoms with Crippen LogP contribution >= 0.6 is 12.2 Å². The fraction of sp³-hybridized carbons (Fsp3) is 0.667. The highest BCUT2D eigenvalue weighted by atomic mass is 32.1. The molecule has 0 amide bonds. The van der Waals surface area contributed by atoms with E-state index in [9.17, 15) is 4.79 Å². The van der Waals surface area contributed by atoms with Gasteiger partial charge in [0.1, 0.15) is 0 Å². The number of hydrogen-bond donors (Lipinski definition) is 2. The van der Waals surface area contributed by atoms with Crippen LogP contribution in [0.2, 0.25) is 0 Å². The summed E-state index contributed by atoms with van der Waals surface area (Å²) in [6.45, 7) is 3.97. The van der Waals surface area contributed by atoms with Crippen LogP contribution in [0, 0.1) is 4.77 Å². The van der Waals surface area contributed by atoms with Gasteiger partial charge in [-0.2, -0.15) is 0 Å². The summed E-state index contributed by atoms with van der Waals surface area (Å²) < 4.78 is 2.00. The normalized spacial score (nSPS) is 13.3. The van der Waals surface area contributed by atoms with E-state index in [2.05, 4.69) is 10.2 Å². The van der Waals surface area contributed by atoms with Crippen molar-refractivity contribution in [2.24, 2.45) is 0 Å². The molecule has 0 aliphatic carbocycles. The fourth-order valence-electron chi connectivity index (χ4n) is 0.903. The first-order chi connectivity index (χ1) is 5.16. The Labute approximate surface area is 69.2 Å². The lowest BCUT2D eigenvalue weighted by atomic mass is 10.3. The van der Waals surface area contributed by atoms with Crippen molar-refractivity contribution < 1.29 is 0 Å². The second-order valence-corrected chi connectivity index (χ2v) is 2.87. The lowest BCUT2D eigenvalue weighted by Crippen LogP contribution is -2.20. The van der Waals surface area contributed by atoms with Crippen LogP contribution in [0.5, 0.6) is 0 Å². The van der Waals surface area contributed by atoms with E-state index >= 15 is 0 Å². The number of nitrogens with one attached hydrogen (secondary N) is 2. The van der Waals surface area contributed by atoms with Gasteiger partial charge >= 0.3 is 5.69 Å². The van der Waals surface area contributed by atoms with E-state index in [0.29, 0.717) is 4.77 Å². The van der Waals surface area contributed by atoms with Crippen LogP contribution in [0.4, 0.5) is 0 Å². The molecule has 0 saturated carbocycles. The topological polar surface area (TPSA) is 53.6 Å². The van der Waals surface area contributed by atoms with Crippen molar-refractivity contribution in [3.05, 3.63) is 15.3 Å². The lowest BCUT2D eigenvalue weighted by Gasteiger charge is -2.06. The molecular formula is C6H11N3OS. The van der Waals surface area contributed by atoms with E-state index in [1.54, 1.807) is 0 Å². The quantitative estimate of drug-likeness (QED) is 0.660. The van der Waals surface area contributed by atoms with Crippen LogP contribution in [0.25, 0.3) is 0 Å². The Morgan fingerprint density at radius 2 is 2.27 bits per heavy atom. The number of rotatable bonds is 2. The molecule has 1 aromatic rings. The smallest absolute Gasteiger partial charge is 0.272 e. The average molecular weight is 173 g/mol. The first-order valence-electron chi connectivity index (χ1n) is 3.56. The van der Waals surface area contributed by atoms with Gasteiger partial charge < -0.3 is 0 Å². The maximum Gasteiger partial charge on any atom is 0.342 e. The number of nitrogens with zero attached hydrogens (tertiary/aromatic N) is 1. The Bertz CT molecular complexity index is 307. The monoisotopic (exact) mass is 173 g/mol. The van der Waals surface area contributed by atoms with E-state index in [-0.39, 0.29) is 11.7 Å². The molecule has 1 aromatic heterocycles. The van der Waals surface area contributed by atoms with Gasteiger partial charge in [0.15, 0.2) is 4.77 Å². The Balaban J connectivity index is 3.21. The molecule has 11 heavy (non-hydrogen) atoms. The summed E-state index contributed by atoms with van der Waals surface area (Å²) in [4.78, 5) is 11.0. The van der Waals surface area contributed by atoms with Gasteiger partial charge in [-0.3, -0.25) is 9.67 Å². The van der Waals surface area contributed by atoms with E-state index < -0.39 is 0 Å². The largest absolute Gasteiger partial charge is 0.342 e. The number of H-pyrrole nitrogens is 2. The van der Waals surface area contributed by atoms with Crippen molar-refractivity contribution in [2.75, 3.05) is 0 Å². The molecule has 0 aromatic carbocycles. The van der Waals surface area contributed by atoms with Gasteiger partial charge in [-0.05, 0) is 25.6 Å². The van der Waals surface area contributed by atoms with Gasteiger partial charge in [-0.1, -0.05) is 6.92 Å². The molecule has 4 nitrogen and oxygen atoms in total. The molecule has 0 aliphatic heterocycles. The predicted molar refractivity (Wildman–Crippen MR) is 45.2 cm³/mol. The molecule has 0 bridgehead atoms. The third kappa shape index (κ3) is 1.42. The molecule has 0 fully saturated rings. The molecule has 1 heterocycles. The van der Waals surface area contributed by atoms with Gasteiger partial charge in [0.25, 0.3) is 0 Å². The minimum absolute atomic E-state index is 0.163. The zero-order valence-corrected chi connectivity index (χ0v) is 7.36. The molecule has 2 N–H and O–H groups in total. The molecule has 0 unspecified atom stereocenters. The lowest BCUT2D eigenvalue weighted by molar-refractivity contribution is 0.510.